The van der Waals surface area contributed by atoms with E-state index in [0.29, 0.717) is 11.3 Å². The molecular weight excluding hydrogens is 188 g/mol. The van der Waals surface area contributed by atoms with Crippen molar-refractivity contribution in [2.45, 2.75) is 6.61 Å². The first-order chi connectivity index (χ1) is 6.63. The third-order valence-corrected chi connectivity index (χ3v) is 1.60. The van der Waals surface area contributed by atoms with Crippen molar-refractivity contribution in [3.05, 3.63) is 33.9 Å². The lowest BCUT2D eigenvalue weighted by Gasteiger charge is -2.04. The Kier molecular flexibility index (Phi) is 3.24. The maximum atomic E-state index is 10.1. The molecule has 1 rings (SSSR count). The second-order valence-corrected chi connectivity index (χ2v) is 2.65. The van der Waals surface area contributed by atoms with E-state index in [-0.39, 0.29) is 12.4 Å². The van der Waals surface area contributed by atoms with E-state index in [4.69, 9.17) is 4.74 Å². The molecule has 0 aliphatic carbocycles. The molecule has 0 bridgehead atoms. The molecule has 0 fully saturated rings. The Bertz CT molecular complexity index is 340. The molecule has 0 saturated heterocycles. The summed E-state index contributed by atoms with van der Waals surface area (Å²) in [5, 5.41) is 18.8. The first-order valence-corrected chi connectivity index (χ1v) is 3.85. The Labute approximate surface area is 80.2 Å². The molecule has 0 heterocycles. The zero-order chi connectivity index (χ0) is 10.6. The number of benzene rings is 1. The highest BCUT2D eigenvalue weighted by atomic mass is 16.7. The lowest BCUT2D eigenvalue weighted by molar-refractivity contribution is -0.445. The summed E-state index contributed by atoms with van der Waals surface area (Å²) in [7, 11) is 1.48. The fraction of sp³-hybridized carbons (Fsp3) is 0.250. The average Bonchev–Trinajstić information content (AvgIpc) is 2.10. The van der Waals surface area contributed by atoms with Crippen LogP contribution in [0.15, 0.2) is 18.2 Å². The fourth-order valence-electron chi connectivity index (χ4n) is 1.03. The van der Waals surface area contributed by atoms with Gasteiger partial charge < -0.3 is 9.84 Å². The molecule has 0 aliphatic heterocycles. The standard InChI is InChI=1S/C8H10N2O4/c1-14-5-6-4-7(9-10(12)13)2-3-8(6)11/h2-4,9,11H,5H2,1H3. The minimum absolute atomic E-state index is 0.0562. The lowest BCUT2D eigenvalue weighted by Crippen LogP contribution is -2.07. The monoisotopic (exact) mass is 198 g/mol. The van der Waals surface area contributed by atoms with Crippen molar-refractivity contribution in [2.75, 3.05) is 12.5 Å². The van der Waals surface area contributed by atoms with Crippen LogP contribution in [0.3, 0.4) is 0 Å². The molecule has 0 aromatic heterocycles. The number of hydrazine groups is 1. The SMILES string of the molecule is COCc1cc(N[N+](=O)[O-])ccc1O. The van der Waals surface area contributed by atoms with Gasteiger partial charge in [-0.05, 0) is 18.2 Å². The lowest BCUT2D eigenvalue weighted by atomic mass is 10.2. The molecule has 6 heteroatoms. The third-order valence-electron chi connectivity index (χ3n) is 1.60. The predicted octanol–water partition coefficient (Wildman–Crippen LogP) is 1.14. The number of nitrogens with one attached hydrogen (secondary N) is 1. The number of aromatic hydroxyl groups is 1. The summed E-state index contributed by atoms with van der Waals surface area (Å²) in [5.41, 5.74) is 2.79. The highest BCUT2D eigenvalue weighted by Crippen LogP contribution is 2.21. The highest BCUT2D eigenvalue weighted by molar-refractivity contribution is 5.49. The van der Waals surface area contributed by atoms with E-state index in [1.807, 2.05) is 5.43 Å². The minimum Gasteiger partial charge on any atom is -0.508 e. The summed E-state index contributed by atoms with van der Waals surface area (Å²) in [5.74, 6) is 0.0562. The van der Waals surface area contributed by atoms with E-state index in [0.717, 1.165) is 0 Å². The van der Waals surface area contributed by atoms with Crippen molar-refractivity contribution in [1.82, 2.24) is 0 Å². The van der Waals surface area contributed by atoms with Crippen LogP contribution < -0.4 is 5.43 Å². The molecule has 6 nitrogen and oxygen atoms in total. The first kappa shape index (κ1) is 10.3. The molecule has 1 aromatic carbocycles. The smallest absolute Gasteiger partial charge is 0.162 e. The van der Waals surface area contributed by atoms with Gasteiger partial charge in [-0.3, -0.25) is 0 Å². The Morgan fingerprint density at radius 3 is 2.93 bits per heavy atom. The van der Waals surface area contributed by atoms with Crippen molar-refractivity contribution in [3.8, 4) is 5.75 Å². The zero-order valence-corrected chi connectivity index (χ0v) is 7.56. The van der Waals surface area contributed by atoms with Crippen LogP contribution in [0.1, 0.15) is 5.56 Å². The number of nitrogens with zero attached hydrogens (tertiary/aromatic N) is 1. The maximum Gasteiger partial charge on any atom is 0.162 e. The third kappa shape index (κ3) is 2.60. The van der Waals surface area contributed by atoms with Gasteiger partial charge in [-0.15, -0.1) is 5.43 Å². The molecule has 0 spiro atoms. The van der Waals surface area contributed by atoms with Crippen molar-refractivity contribution < 1.29 is 14.9 Å². The van der Waals surface area contributed by atoms with E-state index in [2.05, 4.69) is 0 Å². The van der Waals surface area contributed by atoms with Crippen LogP contribution in [0.2, 0.25) is 0 Å². The second-order valence-electron chi connectivity index (χ2n) is 2.65. The topological polar surface area (TPSA) is 84.6 Å². The molecular formula is C8H10N2O4. The van der Waals surface area contributed by atoms with Crippen molar-refractivity contribution in [1.29, 1.82) is 0 Å². The van der Waals surface area contributed by atoms with Crippen molar-refractivity contribution >= 4 is 5.69 Å². The van der Waals surface area contributed by atoms with Gasteiger partial charge in [0.25, 0.3) is 0 Å². The second kappa shape index (κ2) is 4.43. The zero-order valence-electron chi connectivity index (χ0n) is 7.56. The number of ether oxygens (including phenoxy) is 1. The normalized spacial score (nSPS) is 9.79. The number of methoxy groups -OCH3 is 1. The molecule has 0 radical (unpaired) electrons. The van der Waals surface area contributed by atoms with Crippen LogP contribution in [0, 0.1) is 10.1 Å². The van der Waals surface area contributed by atoms with Crippen LogP contribution in [0.5, 0.6) is 5.75 Å². The highest BCUT2D eigenvalue weighted by Gasteiger charge is 2.05. The Hall–Kier alpha value is -1.82. The number of hydrogen-bond acceptors (Lipinski definition) is 4. The number of nitro groups is 1. The molecule has 1 aromatic rings. The van der Waals surface area contributed by atoms with Crippen LogP contribution in [0.4, 0.5) is 5.69 Å². The van der Waals surface area contributed by atoms with Gasteiger partial charge in [0.2, 0.25) is 0 Å². The first-order valence-electron chi connectivity index (χ1n) is 3.85. The number of rotatable bonds is 4. The Balaban J connectivity index is 2.88. The minimum atomic E-state index is -0.664. The van der Waals surface area contributed by atoms with Crippen LogP contribution in [-0.4, -0.2) is 17.2 Å². The summed E-state index contributed by atoms with van der Waals surface area (Å²) >= 11 is 0. The summed E-state index contributed by atoms with van der Waals surface area (Å²) in [6, 6.07) is 4.25. The summed E-state index contributed by atoms with van der Waals surface area (Å²) in [6.07, 6.45) is 0. The quantitative estimate of drug-likeness (QED) is 0.430. The van der Waals surface area contributed by atoms with E-state index in [9.17, 15) is 15.2 Å². The molecule has 0 amide bonds. The van der Waals surface area contributed by atoms with Gasteiger partial charge in [0.15, 0.2) is 5.03 Å². The maximum absolute atomic E-state index is 10.1. The summed E-state index contributed by atoms with van der Waals surface area (Å²) < 4.78 is 4.81. The molecule has 76 valence electrons. The average molecular weight is 198 g/mol. The summed E-state index contributed by atoms with van der Waals surface area (Å²) in [4.78, 5) is 10.1. The fourth-order valence-corrected chi connectivity index (χ4v) is 1.03. The predicted molar refractivity (Wildman–Crippen MR) is 49.4 cm³/mol. The summed E-state index contributed by atoms with van der Waals surface area (Å²) in [6.45, 7) is 0.207. The number of phenols is 1. The molecule has 0 saturated carbocycles. The van der Waals surface area contributed by atoms with Gasteiger partial charge in [0.05, 0.1) is 6.61 Å². The number of anilines is 1. The number of hydrogen-bond donors (Lipinski definition) is 2. The van der Waals surface area contributed by atoms with E-state index < -0.39 is 5.03 Å². The van der Waals surface area contributed by atoms with E-state index in [1.165, 1.54) is 25.3 Å². The Morgan fingerprint density at radius 2 is 2.36 bits per heavy atom. The molecule has 0 atom stereocenters. The van der Waals surface area contributed by atoms with Gasteiger partial charge in [-0.1, -0.05) is 0 Å². The van der Waals surface area contributed by atoms with E-state index in [1.54, 1.807) is 0 Å². The van der Waals surface area contributed by atoms with Gasteiger partial charge in [0.1, 0.15) is 11.4 Å². The van der Waals surface area contributed by atoms with Crippen molar-refractivity contribution in [3.63, 3.8) is 0 Å². The largest absolute Gasteiger partial charge is 0.508 e. The molecule has 0 aliphatic rings. The van der Waals surface area contributed by atoms with Crippen molar-refractivity contribution in [2.24, 2.45) is 0 Å². The van der Waals surface area contributed by atoms with Gasteiger partial charge in [-0.2, -0.15) is 0 Å². The van der Waals surface area contributed by atoms with Crippen LogP contribution >= 0.6 is 0 Å². The molecule has 14 heavy (non-hydrogen) atoms. The van der Waals surface area contributed by atoms with E-state index >= 15 is 0 Å². The van der Waals surface area contributed by atoms with Gasteiger partial charge in [-0.25, -0.2) is 10.1 Å². The Morgan fingerprint density at radius 1 is 1.64 bits per heavy atom. The van der Waals surface area contributed by atoms with Gasteiger partial charge in [0, 0.05) is 12.7 Å². The molecule has 0 unspecified atom stereocenters. The number of phenolic OH excluding ortho intramolecular Hbond substituents is 1. The molecule has 2 N–H and O–H groups in total. The van der Waals surface area contributed by atoms with Crippen LogP contribution in [0.25, 0.3) is 0 Å². The van der Waals surface area contributed by atoms with Gasteiger partial charge >= 0.3 is 0 Å². The van der Waals surface area contributed by atoms with Crippen LogP contribution in [-0.2, 0) is 11.3 Å².